The van der Waals surface area contributed by atoms with Gasteiger partial charge in [-0.3, -0.25) is 0 Å². The lowest BCUT2D eigenvalue weighted by Crippen LogP contribution is -2.15. The van der Waals surface area contributed by atoms with Gasteiger partial charge in [0.2, 0.25) is 0 Å². The van der Waals surface area contributed by atoms with E-state index in [-0.39, 0.29) is 6.04 Å². The predicted molar refractivity (Wildman–Crippen MR) is 61.1 cm³/mol. The summed E-state index contributed by atoms with van der Waals surface area (Å²) in [4.78, 5) is 0. The molecule has 1 aromatic carbocycles. The van der Waals surface area contributed by atoms with Crippen LogP contribution in [0, 0.1) is 0 Å². The average Bonchev–Trinajstić information content (AvgIpc) is 2.02. The van der Waals surface area contributed by atoms with E-state index in [2.05, 4.69) is 15.9 Å². The molecule has 1 nitrogen and oxygen atoms in total. The minimum Gasteiger partial charge on any atom is -0.328 e. The molecule has 0 aliphatic rings. The zero-order chi connectivity index (χ0) is 9.84. The molecule has 72 valence electrons. The summed E-state index contributed by atoms with van der Waals surface area (Å²) < 4.78 is 1.07. The van der Waals surface area contributed by atoms with E-state index in [0.717, 1.165) is 22.3 Å². The summed E-state index contributed by atoms with van der Waals surface area (Å²) in [6.45, 7) is 2.02. The van der Waals surface area contributed by atoms with Crippen molar-refractivity contribution >= 4 is 27.5 Å². The van der Waals surface area contributed by atoms with Crippen molar-refractivity contribution in [3.8, 4) is 0 Å². The van der Waals surface area contributed by atoms with Crippen molar-refractivity contribution in [2.45, 2.75) is 25.8 Å². The number of hydrogen-bond donors (Lipinski definition) is 1. The Labute approximate surface area is 92.4 Å². The van der Waals surface area contributed by atoms with E-state index in [1.165, 1.54) is 5.56 Å². The Kier molecular flexibility index (Phi) is 4.23. The van der Waals surface area contributed by atoms with Gasteiger partial charge >= 0.3 is 0 Å². The summed E-state index contributed by atoms with van der Waals surface area (Å²) >= 11 is 9.30. The highest BCUT2D eigenvalue weighted by Crippen LogP contribution is 2.22. The molecular formula is C10H13BrClN. The van der Waals surface area contributed by atoms with Gasteiger partial charge < -0.3 is 5.73 Å². The molecule has 0 aromatic heterocycles. The first-order chi connectivity index (χ1) is 6.09. The van der Waals surface area contributed by atoms with E-state index in [0.29, 0.717) is 0 Å². The Hall–Kier alpha value is -0.0500. The summed E-state index contributed by atoms with van der Waals surface area (Å²) in [5, 5.41) is 0.761. The van der Waals surface area contributed by atoms with E-state index in [1.54, 1.807) is 0 Å². The maximum atomic E-state index is 5.82. The molecule has 0 aliphatic carbocycles. The molecule has 13 heavy (non-hydrogen) atoms. The number of benzene rings is 1. The topological polar surface area (TPSA) is 26.0 Å². The molecule has 0 radical (unpaired) electrons. The third kappa shape index (κ3) is 3.67. The molecule has 1 rings (SSSR count). The van der Waals surface area contributed by atoms with Crippen molar-refractivity contribution in [2.75, 3.05) is 0 Å². The van der Waals surface area contributed by atoms with Crippen LogP contribution in [0.4, 0.5) is 0 Å². The van der Waals surface area contributed by atoms with Gasteiger partial charge in [-0.25, -0.2) is 0 Å². The van der Waals surface area contributed by atoms with E-state index in [9.17, 15) is 0 Å². The minimum absolute atomic E-state index is 0.252. The SMILES string of the molecule is C[C@H](N)CCc1ccc(Cl)cc1Br. The number of hydrogen-bond acceptors (Lipinski definition) is 1. The lowest BCUT2D eigenvalue weighted by Gasteiger charge is -2.06. The van der Waals surface area contributed by atoms with Crippen LogP contribution >= 0.6 is 27.5 Å². The van der Waals surface area contributed by atoms with Crippen molar-refractivity contribution in [3.05, 3.63) is 33.3 Å². The normalized spacial score (nSPS) is 12.9. The molecule has 0 spiro atoms. The summed E-state index contributed by atoms with van der Waals surface area (Å²) in [6.07, 6.45) is 2.00. The van der Waals surface area contributed by atoms with Gasteiger partial charge in [-0.1, -0.05) is 33.6 Å². The maximum Gasteiger partial charge on any atom is 0.0417 e. The first-order valence-electron chi connectivity index (χ1n) is 4.29. The minimum atomic E-state index is 0.252. The second kappa shape index (κ2) is 4.99. The number of rotatable bonds is 3. The van der Waals surface area contributed by atoms with E-state index in [1.807, 2.05) is 25.1 Å². The summed E-state index contributed by atoms with van der Waals surface area (Å²) in [6, 6.07) is 6.11. The first kappa shape index (κ1) is 11.0. The Morgan fingerprint density at radius 1 is 1.54 bits per heavy atom. The fourth-order valence-electron chi connectivity index (χ4n) is 1.11. The molecule has 0 unspecified atom stereocenters. The van der Waals surface area contributed by atoms with Crippen molar-refractivity contribution in [1.29, 1.82) is 0 Å². The average molecular weight is 263 g/mol. The van der Waals surface area contributed by atoms with Crippen LogP contribution < -0.4 is 5.73 Å². The fourth-order valence-corrected chi connectivity index (χ4v) is 1.99. The quantitative estimate of drug-likeness (QED) is 0.888. The third-order valence-electron chi connectivity index (χ3n) is 1.88. The van der Waals surface area contributed by atoms with Gasteiger partial charge in [0, 0.05) is 15.5 Å². The second-order valence-electron chi connectivity index (χ2n) is 3.25. The Balaban J connectivity index is 2.67. The van der Waals surface area contributed by atoms with Crippen LogP contribution in [0.2, 0.25) is 5.02 Å². The van der Waals surface area contributed by atoms with Crippen LogP contribution in [0.25, 0.3) is 0 Å². The monoisotopic (exact) mass is 261 g/mol. The smallest absolute Gasteiger partial charge is 0.0417 e. The largest absolute Gasteiger partial charge is 0.328 e. The summed E-state index contributed by atoms with van der Waals surface area (Å²) in [5.74, 6) is 0. The van der Waals surface area contributed by atoms with Crippen LogP contribution in [0.5, 0.6) is 0 Å². The lowest BCUT2D eigenvalue weighted by molar-refractivity contribution is 0.665. The predicted octanol–water partition coefficient (Wildman–Crippen LogP) is 3.38. The van der Waals surface area contributed by atoms with E-state index < -0.39 is 0 Å². The molecule has 0 fully saturated rings. The van der Waals surface area contributed by atoms with Gasteiger partial charge in [0.15, 0.2) is 0 Å². The molecule has 0 heterocycles. The zero-order valence-electron chi connectivity index (χ0n) is 7.56. The Bertz CT molecular complexity index is 286. The first-order valence-corrected chi connectivity index (χ1v) is 5.46. The van der Waals surface area contributed by atoms with Crippen LogP contribution in [0.1, 0.15) is 18.9 Å². The molecule has 1 atom stereocenters. The molecule has 1 aromatic rings. The summed E-state index contributed by atoms with van der Waals surface area (Å²) in [7, 11) is 0. The fraction of sp³-hybridized carbons (Fsp3) is 0.400. The molecule has 0 saturated carbocycles. The highest BCUT2D eigenvalue weighted by molar-refractivity contribution is 9.10. The number of halogens is 2. The van der Waals surface area contributed by atoms with Gasteiger partial charge in [-0.05, 0) is 37.5 Å². The van der Waals surface area contributed by atoms with E-state index in [4.69, 9.17) is 17.3 Å². The highest BCUT2D eigenvalue weighted by Gasteiger charge is 2.02. The van der Waals surface area contributed by atoms with E-state index >= 15 is 0 Å². The van der Waals surface area contributed by atoms with Crippen LogP contribution in [-0.2, 0) is 6.42 Å². The van der Waals surface area contributed by atoms with Crippen molar-refractivity contribution in [2.24, 2.45) is 5.73 Å². The van der Waals surface area contributed by atoms with Crippen molar-refractivity contribution in [1.82, 2.24) is 0 Å². The molecule has 0 aliphatic heterocycles. The second-order valence-corrected chi connectivity index (χ2v) is 4.54. The Morgan fingerprint density at radius 3 is 2.77 bits per heavy atom. The third-order valence-corrected chi connectivity index (χ3v) is 2.86. The number of nitrogens with two attached hydrogens (primary N) is 1. The zero-order valence-corrected chi connectivity index (χ0v) is 9.90. The highest BCUT2D eigenvalue weighted by atomic mass is 79.9. The van der Waals surface area contributed by atoms with Gasteiger partial charge in [-0.2, -0.15) is 0 Å². The molecular weight excluding hydrogens is 249 g/mol. The van der Waals surface area contributed by atoms with Gasteiger partial charge in [0.05, 0.1) is 0 Å². The molecule has 0 bridgehead atoms. The van der Waals surface area contributed by atoms with Crippen LogP contribution in [0.15, 0.2) is 22.7 Å². The lowest BCUT2D eigenvalue weighted by atomic mass is 10.1. The van der Waals surface area contributed by atoms with Gasteiger partial charge in [-0.15, -0.1) is 0 Å². The molecule has 2 N–H and O–H groups in total. The Morgan fingerprint density at radius 2 is 2.23 bits per heavy atom. The van der Waals surface area contributed by atoms with Crippen molar-refractivity contribution < 1.29 is 0 Å². The van der Waals surface area contributed by atoms with Gasteiger partial charge in [0.1, 0.15) is 0 Å². The molecule has 3 heteroatoms. The summed E-state index contributed by atoms with van der Waals surface area (Å²) in [5.41, 5.74) is 6.94. The standard InChI is InChI=1S/C10H13BrClN/c1-7(13)2-3-8-4-5-9(12)6-10(8)11/h4-7H,2-3,13H2,1H3/t7-/m0/s1. The number of aryl methyl sites for hydroxylation is 1. The maximum absolute atomic E-state index is 5.82. The van der Waals surface area contributed by atoms with Crippen LogP contribution in [-0.4, -0.2) is 6.04 Å². The van der Waals surface area contributed by atoms with Crippen molar-refractivity contribution in [3.63, 3.8) is 0 Å². The van der Waals surface area contributed by atoms with Crippen LogP contribution in [0.3, 0.4) is 0 Å². The van der Waals surface area contributed by atoms with Gasteiger partial charge in [0.25, 0.3) is 0 Å². The molecule has 0 saturated heterocycles. The molecule has 0 amide bonds.